The molecule has 0 aromatic heterocycles. The molecule has 1 atom stereocenters. The van der Waals surface area contributed by atoms with Gasteiger partial charge in [-0.15, -0.1) is 0 Å². The van der Waals surface area contributed by atoms with Gasteiger partial charge in [0, 0.05) is 4.76 Å². The zero-order valence-electron chi connectivity index (χ0n) is 6.75. The van der Waals surface area contributed by atoms with Crippen molar-refractivity contribution >= 4 is 42.1 Å². The fourth-order valence-corrected chi connectivity index (χ4v) is 1.96. The van der Waals surface area contributed by atoms with Crippen LogP contribution < -0.4 is 0 Å². The predicted octanol–water partition coefficient (Wildman–Crippen LogP) is 3.62. The van der Waals surface area contributed by atoms with Crippen LogP contribution in [0.2, 0.25) is 0 Å². The highest BCUT2D eigenvalue weighted by Gasteiger charge is 1.98. The number of hydrogen-bond donors (Lipinski definition) is 0. The Morgan fingerprint density at radius 1 is 1.31 bits per heavy atom. The van der Waals surface area contributed by atoms with Crippen molar-refractivity contribution in [3.63, 3.8) is 0 Å². The Kier molecular flexibility index (Phi) is 4.66. The summed E-state index contributed by atoms with van der Waals surface area (Å²) in [4.78, 5) is 0. The molecule has 0 saturated heterocycles. The van der Waals surface area contributed by atoms with Gasteiger partial charge in [-0.25, -0.2) is 0 Å². The minimum atomic E-state index is -0.892. The quantitative estimate of drug-likeness (QED) is 0.441. The Bertz CT molecular complexity index is 366. The highest BCUT2D eigenvalue weighted by molar-refractivity contribution is 8.06. The average molecular weight is 224 g/mol. The summed E-state index contributed by atoms with van der Waals surface area (Å²) in [5.41, 5.74) is 1.12. The van der Waals surface area contributed by atoms with Crippen LogP contribution in [-0.2, 0) is 11.8 Å². The molecule has 0 bridgehead atoms. The van der Waals surface area contributed by atoms with Crippen LogP contribution in [0.15, 0.2) is 40.9 Å². The molecule has 64 valence electrons. The molecule has 1 unspecified atom stereocenters. The van der Waals surface area contributed by atoms with Gasteiger partial charge in [0.05, 0.1) is 0 Å². The summed E-state index contributed by atoms with van der Waals surface area (Å²) in [7, 11) is 0. The molecule has 0 fully saturated rings. The van der Waals surface area contributed by atoms with E-state index in [1.807, 2.05) is 42.2 Å². The van der Waals surface area contributed by atoms with Gasteiger partial charge in [0.1, 0.15) is 5.16 Å². The van der Waals surface area contributed by atoms with E-state index in [0.29, 0.717) is 0 Å². The second kappa shape index (κ2) is 5.85. The van der Waals surface area contributed by atoms with Crippen LogP contribution in [0.5, 0.6) is 0 Å². The van der Waals surface area contributed by atoms with E-state index in [-0.39, 0.29) is 0 Å². The molecule has 0 aliphatic heterocycles. The van der Waals surface area contributed by atoms with Gasteiger partial charge in [-0.1, -0.05) is 30.3 Å². The first-order chi connectivity index (χ1) is 6.33. The van der Waals surface area contributed by atoms with E-state index in [0.717, 1.165) is 5.56 Å². The fraction of sp³-hybridized carbons (Fsp3) is 0. The van der Waals surface area contributed by atoms with Crippen LogP contribution in [0.25, 0.3) is 6.08 Å². The summed E-state index contributed by atoms with van der Waals surface area (Å²) in [6.45, 7) is -0.892. The summed E-state index contributed by atoms with van der Waals surface area (Å²) in [5, 5.41) is 2.29. The first-order valence-electron chi connectivity index (χ1n) is 3.60. The SMILES string of the molecule is S=C=N[P+](=S)C=Cc1ccccc1. The Balaban J connectivity index is 2.69. The maximum atomic E-state index is 5.02. The topological polar surface area (TPSA) is 12.4 Å². The van der Waals surface area contributed by atoms with E-state index in [2.05, 4.69) is 22.1 Å². The van der Waals surface area contributed by atoms with Crippen molar-refractivity contribution in [2.24, 2.45) is 4.76 Å². The van der Waals surface area contributed by atoms with Crippen molar-refractivity contribution in [3.05, 3.63) is 41.7 Å². The Morgan fingerprint density at radius 2 is 2.00 bits per heavy atom. The predicted molar refractivity (Wildman–Crippen MR) is 64.8 cm³/mol. The molecule has 1 nitrogen and oxygen atoms in total. The van der Waals surface area contributed by atoms with Crippen molar-refractivity contribution in [2.75, 3.05) is 0 Å². The minimum absolute atomic E-state index is 0.892. The highest BCUT2D eigenvalue weighted by Crippen LogP contribution is 2.24. The summed E-state index contributed by atoms with van der Waals surface area (Å²) in [5.74, 6) is 1.87. The molecule has 0 heterocycles. The largest absolute Gasteiger partial charge is 0.358 e. The van der Waals surface area contributed by atoms with Gasteiger partial charge in [-0.3, -0.25) is 0 Å². The monoisotopic (exact) mass is 224 g/mol. The van der Waals surface area contributed by atoms with Crippen molar-refractivity contribution in [1.82, 2.24) is 0 Å². The van der Waals surface area contributed by atoms with Gasteiger partial charge in [0.15, 0.2) is 17.6 Å². The molecule has 0 radical (unpaired) electrons. The normalized spacial score (nSPS) is 10.9. The van der Waals surface area contributed by atoms with Gasteiger partial charge in [0.2, 0.25) is 0 Å². The smallest absolute Gasteiger partial charge is 0.0622 e. The van der Waals surface area contributed by atoms with E-state index in [1.54, 1.807) is 0 Å². The molecule has 1 aromatic rings. The van der Waals surface area contributed by atoms with Crippen molar-refractivity contribution in [2.45, 2.75) is 0 Å². The number of rotatable bonds is 3. The lowest BCUT2D eigenvalue weighted by atomic mass is 10.2. The summed E-state index contributed by atoms with van der Waals surface area (Å²) in [6, 6.07) is 9.96. The van der Waals surface area contributed by atoms with Crippen LogP contribution in [0.1, 0.15) is 5.56 Å². The third kappa shape index (κ3) is 4.16. The van der Waals surface area contributed by atoms with E-state index in [1.165, 1.54) is 0 Å². The average Bonchev–Trinajstić information content (AvgIpc) is 2.17. The van der Waals surface area contributed by atoms with E-state index in [4.69, 9.17) is 11.8 Å². The Hall–Kier alpha value is -0.720. The molecule has 4 heteroatoms. The van der Waals surface area contributed by atoms with Crippen molar-refractivity contribution < 1.29 is 0 Å². The third-order valence-electron chi connectivity index (χ3n) is 1.33. The van der Waals surface area contributed by atoms with Gasteiger partial charge in [0.25, 0.3) is 0 Å². The molecular weight excluding hydrogens is 217 g/mol. The first kappa shape index (κ1) is 10.4. The van der Waals surface area contributed by atoms with Gasteiger partial charge < -0.3 is 0 Å². The van der Waals surface area contributed by atoms with Crippen LogP contribution in [0.4, 0.5) is 0 Å². The van der Waals surface area contributed by atoms with E-state index in [9.17, 15) is 0 Å². The zero-order valence-corrected chi connectivity index (χ0v) is 9.28. The van der Waals surface area contributed by atoms with Crippen LogP contribution >= 0.6 is 19.1 Å². The molecule has 1 aromatic carbocycles. The molecule has 0 aliphatic carbocycles. The van der Waals surface area contributed by atoms with Gasteiger partial charge >= 0.3 is 6.85 Å². The van der Waals surface area contributed by atoms with E-state index >= 15 is 0 Å². The number of thiocarbonyl (C=S) groups is 1. The molecule has 0 saturated carbocycles. The number of nitrogens with zero attached hydrogens (tertiary/aromatic N) is 1. The second-order valence-electron chi connectivity index (χ2n) is 2.22. The molecule has 0 aliphatic rings. The number of hydrogen-bond acceptors (Lipinski definition) is 2. The lowest BCUT2D eigenvalue weighted by Crippen LogP contribution is -1.65. The number of benzene rings is 1. The van der Waals surface area contributed by atoms with Crippen LogP contribution in [0.3, 0.4) is 0 Å². The molecule has 0 N–H and O–H groups in total. The zero-order chi connectivity index (χ0) is 9.52. The third-order valence-corrected chi connectivity index (χ3v) is 2.87. The maximum absolute atomic E-state index is 5.02. The lowest BCUT2D eigenvalue weighted by Gasteiger charge is -1.85. The Morgan fingerprint density at radius 3 is 2.62 bits per heavy atom. The Labute approximate surface area is 88.7 Å². The first-order valence-corrected chi connectivity index (χ1v) is 6.39. The van der Waals surface area contributed by atoms with Crippen LogP contribution in [0, 0.1) is 0 Å². The van der Waals surface area contributed by atoms with Gasteiger partial charge in [-0.05, 0) is 23.9 Å². The molecule has 13 heavy (non-hydrogen) atoms. The summed E-state index contributed by atoms with van der Waals surface area (Å²) < 4.78 is 3.80. The van der Waals surface area contributed by atoms with Crippen molar-refractivity contribution in [1.29, 1.82) is 0 Å². The van der Waals surface area contributed by atoms with E-state index < -0.39 is 6.85 Å². The van der Waals surface area contributed by atoms with Crippen LogP contribution in [-0.4, -0.2) is 5.16 Å². The molecule has 1 rings (SSSR count). The maximum Gasteiger partial charge on any atom is 0.358 e. The standard InChI is InChI=1S/C9H7NPS2/c12-8-10-11(13)7-6-9-4-2-1-3-5-9/h1-7H/q+1. The molecular formula is C9H7NPS2+. The molecule has 0 amide bonds. The fourth-order valence-electron chi connectivity index (χ4n) is 0.788. The van der Waals surface area contributed by atoms with Gasteiger partial charge in [-0.2, -0.15) is 0 Å². The highest BCUT2D eigenvalue weighted by atomic mass is 32.4. The minimum Gasteiger partial charge on any atom is -0.0622 e. The second-order valence-corrected chi connectivity index (χ2v) is 4.63. The number of isothiocyanates is 1. The summed E-state index contributed by atoms with van der Waals surface area (Å²) in [6.07, 6.45) is 1.95. The molecule has 0 spiro atoms. The van der Waals surface area contributed by atoms with Crippen molar-refractivity contribution in [3.8, 4) is 0 Å². The summed E-state index contributed by atoms with van der Waals surface area (Å²) >= 11 is 9.48. The lowest BCUT2D eigenvalue weighted by molar-refractivity contribution is 1.66.